The van der Waals surface area contributed by atoms with Crippen LogP contribution in [-0.4, -0.2) is 37.9 Å². The molecule has 0 bridgehead atoms. The van der Waals surface area contributed by atoms with Crippen LogP contribution < -0.4 is 16.0 Å². The average Bonchev–Trinajstić information content (AvgIpc) is 3.31. The van der Waals surface area contributed by atoms with Crippen LogP contribution in [0.15, 0.2) is 42.5 Å². The Morgan fingerprint density at radius 1 is 1.14 bits per heavy atom. The molecule has 3 heterocycles. The molecular weight excluding hydrogens is 488 g/mol. The van der Waals surface area contributed by atoms with Crippen LogP contribution in [0.5, 0.6) is 0 Å². The van der Waals surface area contributed by atoms with E-state index in [2.05, 4.69) is 15.6 Å². The molecule has 2 atom stereocenters. The van der Waals surface area contributed by atoms with Gasteiger partial charge in [-0.3, -0.25) is 9.59 Å². The lowest BCUT2D eigenvalue weighted by atomic mass is 9.73. The molecular formula is C28H33ClN6O2. The van der Waals surface area contributed by atoms with Gasteiger partial charge >= 0.3 is 0 Å². The number of carbonyl (C=O) groups excluding carboxylic acids is 2. The number of aromatic nitrogens is 3. The largest absolute Gasteiger partial charge is 0.325 e. The molecule has 2 aromatic carbocycles. The standard InChI is InChI=1S/C28H33ClN6O2/c1-16-7-12-21-20(13-16)28(25(37)34(21)27(5,6)15-26(3,4)30)14-22(36)31-24-23(28)32-33-35(24)17(2)18-8-10-19(29)11-9-18/h7-13,17H,14-15,30H2,1-6H3,(H,31,36)/t17-,28+/m0/s1. The lowest BCUT2D eigenvalue weighted by Gasteiger charge is -2.41. The zero-order chi connectivity index (χ0) is 26.9. The van der Waals surface area contributed by atoms with Gasteiger partial charge in [0.25, 0.3) is 0 Å². The summed E-state index contributed by atoms with van der Waals surface area (Å²) in [6.45, 7) is 11.9. The zero-order valence-corrected chi connectivity index (χ0v) is 22.8. The quantitative estimate of drug-likeness (QED) is 0.506. The number of nitrogens with zero attached hydrogens (tertiary/aromatic N) is 4. The number of hydrogen-bond donors (Lipinski definition) is 2. The second-order valence-corrected chi connectivity index (χ2v) is 12.2. The molecule has 1 spiro atoms. The number of halogens is 1. The van der Waals surface area contributed by atoms with Crippen molar-refractivity contribution in [1.29, 1.82) is 0 Å². The fraction of sp³-hybridized carbons (Fsp3) is 0.429. The van der Waals surface area contributed by atoms with Gasteiger partial charge in [-0.25, -0.2) is 4.68 Å². The number of carbonyl (C=O) groups is 2. The van der Waals surface area contributed by atoms with Gasteiger partial charge in [-0.1, -0.05) is 46.6 Å². The lowest BCUT2D eigenvalue weighted by molar-refractivity contribution is -0.127. The maximum Gasteiger partial charge on any atom is 0.245 e. The van der Waals surface area contributed by atoms with Crippen LogP contribution in [0.3, 0.4) is 0 Å². The van der Waals surface area contributed by atoms with Gasteiger partial charge < -0.3 is 16.0 Å². The van der Waals surface area contributed by atoms with Crippen LogP contribution in [0.4, 0.5) is 11.5 Å². The van der Waals surface area contributed by atoms with E-state index >= 15 is 0 Å². The zero-order valence-electron chi connectivity index (χ0n) is 22.1. The van der Waals surface area contributed by atoms with Gasteiger partial charge in [-0.2, -0.15) is 0 Å². The van der Waals surface area contributed by atoms with Crippen molar-refractivity contribution < 1.29 is 9.59 Å². The Morgan fingerprint density at radius 2 is 1.81 bits per heavy atom. The second kappa shape index (κ2) is 8.39. The summed E-state index contributed by atoms with van der Waals surface area (Å²) < 4.78 is 1.68. The Kier molecular flexibility index (Phi) is 5.77. The van der Waals surface area contributed by atoms with E-state index in [0.717, 1.165) is 22.4 Å². The van der Waals surface area contributed by atoms with E-state index in [-0.39, 0.29) is 24.3 Å². The first kappa shape index (κ1) is 25.4. The number of amides is 2. The van der Waals surface area contributed by atoms with Crippen molar-refractivity contribution in [2.24, 2.45) is 5.73 Å². The molecule has 9 heteroatoms. The van der Waals surface area contributed by atoms with Gasteiger partial charge in [0, 0.05) is 21.8 Å². The Bertz CT molecular complexity index is 1410. The molecule has 0 unspecified atom stereocenters. The molecule has 37 heavy (non-hydrogen) atoms. The van der Waals surface area contributed by atoms with E-state index in [1.165, 1.54) is 0 Å². The van der Waals surface area contributed by atoms with Crippen LogP contribution >= 0.6 is 11.6 Å². The molecule has 0 fully saturated rings. The van der Waals surface area contributed by atoms with E-state index in [1.54, 1.807) is 4.68 Å². The van der Waals surface area contributed by atoms with E-state index < -0.39 is 16.5 Å². The number of rotatable bonds is 5. The van der Waals surface area contributed by atoms with Gasteiger partial charge in [-0.05, 0) is 77.3 Å². The molecule has 0 aliphatic carbocycles. The van der Waals surface area contributed by atoms with Crippen LogP contribution in [0.2, 0.25) is 5.02 Å². The highest BCUT2D eigenvalue weighted by molar-refractivity contribution is 6.30. The van der Waals surface area contributed by atoms with Gasteiger partial charge in [0.2, 0.25) is 11.8 Å². The molecule has 194 valence electrons. The third-order valence-corrected chi connectivity index (χ3v) is 7.67. The first-order valence-corrected chi connectivity index (χ1v) is 12.9. The summed E-state index contributed by atoms with van der Waals surface area (Å²) in [5, 5.41) is 12.6. The van der Waals surface area contributed by atoms with Crippen molar-refractivity contribution >= 4 is 34.9 Å². The van der Waals surface area contributed by atoms with E-state index in [9.17, 15) is 9.59 Å². The number of nitrogens with two attached hydrogens (primary N) is 1. The first-order valence-electron chi connectivity index (χ1n) is 12.5. The Balaban J connectivity index is 1.70. The van der Waals surface area contributed by atoms with Gasteiger partial charge in [0.05, 0.1) is 12.5 Å². The Hall–Kier alpha value is -3.23. The minimum Gasteiger partial charge on any atom is -0.325 e. The van der Waals surface area contributed by atoms with E-state index in [1.807, 2.05) is 88.9 Å². The summed E-state index contributed by atoms with van der Waals surface area (Å²) in [5.41, 5.74) is 8.01. The summed E-state index contributed by atoms with van der Waals surface area (Å²) in [6, 6.07) is 13.2. The number of nitrogens with one attached hydrogen (secondary N) is 1. The number of fused-ring (bicyclic) bond motifs is 4. The second-order valence-electron chi connectivity index (χ2n) is 11.7. The molecule has 8 nitrogen and oxygen atoms in total. The number of benzene rings is 2. The molecule has 0 saturated heterocycles. The van der Waals surface area contributed by atoms with Gasteiger partial charge in [0.1, 0.15) is 11.1 Å². The minimum absolute atomic E-state index is 0.0398. The Morgan fingerprint density at radius 3 is 2.46 bits per heavy atom. The molecule has 2 amide bonds. The van der Waals surface area contributed by atoms with E-state index in [4.69, 9.17) is 17.3 Å². The van der Waals surface area contributed by atoms with E-state index in [0.29, 0.717) is 23.0 Å². The molecule has 0 saturated carbocycles. The predicted octanol–water partition coefficient (Wildman–Crippen LogP) is 4.73. The summed E-state index contributed by atoms with van der Waals surface area (Å²) in [4.78, 5) is 29.7. The van der Waals surface area contributed by atoms with Crippen LogP contribution in [0, 0.1) is 6.92 Å². The van der Waals surface area contributed by atoms with Crippen LogP contribution in [-0.2, 0) is 15.0 Å². The maximum atomic E-state index is 14.6. The molecule has 2 aliphatic heterocycles. The molecule has 1 aromatic heterocycles. The monoisotopic (exact) mass is 520 g/mol. The number of anilines is 2. The summed E-state index contributed by atoms with van der Waals surface area (Å²) in [5.74, 6) is 0.0157. The molecule has 0 radical (unpaired) electrons. The summed E-state index contributed by atoms with van der Waals surface area (Å²) in [6.07, 6.45) is 0.524. The molecule has 3 aromatic rings. The fourth-order valence-electron chi connectivity index (χ4n) is 6.15. The normalized spacial score (nSPS) is 20.2. The first-order chi connectivity index (χ1) is 17.2. The predicted molar refractivity (Wildman–Crippen MR) is 145 cm³/mol. The third-order valence-electron chi connectivity index (χ3n) is 7.42. The summed E-state index contributed by atoms with van der Waals surface area (Å²) in [7, 11) is 0. The third kappa shape index (κ3) is 4.03. The van der Waals surface area contributed by atoms with Crippen molar-refractivity contribution in [2.45, 2.75) is 76.9 Å². The minimum atomic E-state index is -1.27. The van der Waals surface area contributed by atoms with Gasteiger partial charge in [-0.15, -0.1) is 5.10 Å². The summed E-state index contributed by atoms with van der Waals surface area (Å²) >= 11 is 6.08. The number of hydrogen-bond acceptors (Lipinski definition) is 5. The number of aryl methyl sites for hydroxylation is 1. The molecule has 5 rings (SSSR count). The van der Waals surface area contributed by atoms with Crippen molar-refractivity contribution in [3.05, 3.63) is 69.9 Å². The lowest BCUT2D eigenvalue weighted by Crippen LogP contribution is -2.56. The Labute approximate surface area is 222 Å². The van der Waals surface area contributed by atoms with Crippen LogP contribution in [0.1, 0.15) is 75.9 Å². The van der Waals surface area contributed by atoms with Gasteiger partial charge in [0.15, 0.2) is 5.82 Å². The smallest absolute Gasteiger partial charge is 0.245 e. The molecule has 3 N–H and O–H groups in total. The van der Waals surface area contributed by atoms with Crippen molar-refractivity contribution in [2.75, 3.05) is 10.2 Å². The SMILES string of the molecule is Cc1ccc2c(c1)[C@@]1(CC(=O)Nc3c1nnn3[C@@H](C)c1ccc(Cl)cc1)C(=O)N2C(C)(C)CC(C)(C)N. The van der Waals surface area contributed by atoms with Crippen molar-refractivity contribution in [3.63, 3.8) is 0 Å². The highest BCUT2D eigenvalue weighted by Gasteiger charge is 2.61. The topological polar surface area (TPSA) is 106 Å². The van der Waals surface area contributed by atoms with Crippen molar-refractivity contribution in [3.8, 4) is 0 Å². The van der Waals surface area contributed by atoms with Crippen molar-refractivity contribution in [1.82, 2.24) is 15.0 Å². The fourth-order valence-corrected chi connectivity index (χ4v) is 6.27. The van der Waals surface area contributed by atoms with Crippen LogP contribution in [0.25, 0.3) is 0 Å². The highest BCUT2D eigenvalue weighted by atomic mass is 35.5. The highest BCUT2D eigenvalue weighted by Crippen LogP contribution is 2.54. The maximum absolute atomic E-state index is 14.6. The molecule has 2 aliphatic rings. The average molecular weight is 521 g/mol.